The topological polar surface area (TPSA) is 109 Å². The van der Waals surface area contributed by atoms with Crippen LogP contribution in [0.5, 0.6) is 0 Å². The fraction of sp³-hybridized carbons (Fsp3) is 0.667. The maximum Gasteiger partial charge on any atom is 0.325 e. The first-order chi connectivity index (χ1) is 9.97. The van der Waals surface area contributed by atoms with Crippen LogP contribution in [0.3, 0.4) is 0 Å². The Morgan fingerprint density at radius 3 is 3.00 bits per heavy atom. The van der Waals surface area contributed by atoms with E-state index in [-0.39, 0.29) is 23.9 Å². The van der Waals surface area contributed by atoms with Crippen molar-refractivity contribution in [3.8, 4) is 0 Å². The summed E-state index contributed by atoms with van der Waals surface area (Å²) in [5.41, 5.74) is 0.521. The number of hydrogen-bond donors (Lipinski definition) is 3. The fourth-order valence-electron chi connectivity index (χ4n) is 2.11. The van der Waals surface area contributed by atoms with Gasteiger partial charge in [0.05, 0.1) is 12.7 Å². The molecule has 2 heterocycles. The van der Waals surface area contributed by atoms with Crippen LogP contribution in [0.1, 0.15) is 25.5 Å². The highest BCUT2D eigenvalue weighted by atomic mass is 32.2. The van der Waals surface area contributed by atoms with E-state index in [1.807, 2.05) is 11.8 Å². The Hall–Kier alpha value is -1.77. The summed E-state index contributed by atoms with van der Waals surface area (Å²) in [6, 6.07) is -0.253. The molecule has 0 bridgehead atoms. The van der Waals surface area contributed by atoms with Crippen molar-refractivity contribution in [1.82, 2.24) is 25.6 Å². The van der Waals surface area contributed by atoms with E-state index < -0.39 is 5.97 Å². The molecule has 0 spiro atoms. The predicted octanol–water partition coefficient (Wildman–Crippen LogP) is 0.448. The van der Waals surface area contributed by atoms with E-state index in [0.29, 0.717) is 12.2 Å². The van der Waals surface area contributed by atoms with Gasteiger partial charge in [-0.3, -0.25) is 4.79 Å². The molecule has 3 N–H and O–H groups in total. The van der Waals surface area contributed by atoms with Gasteiger partial charge in [-0.15, -0.1) is 5.10 Å². The van der Waals surface area contributed by atoms with Crippen molar-refractivity contribution >= 4 is 23.8 Å². The Morgan fingerprint density at radius 1 is 1.52 bits per heavy atom. The minimum Gasteiger partial charge on any atom is -0.480 e. The molecule has 0 aromatic carbocycles. The third-order valence-corrected chi connectivity index (χ3v) is 4.77. The molecule has 0 aliphatic carbocycles. The van der Waals surface area contributed by atoms with Crippen LogP contribution in [0.15, 0.2) is 6.20 Å². The summed E-state index contributed by atoms with van der Waals surface area (Å²) in [6.07, 6.45) is 3.81. The SMILES string of the molecule is CC1(CNC(=O)NCc2cn(CC(=O)O)nn2)CCCS1. The lowest BCUT2D eigenvalue weighted by molar-refractivity contribution is -0.137. The summed E-state index contributed by atoms with van der Waals surface area (Å²) >= 11 is 1.89. The lowest BCUT2D eigenvalue weighted by atomic mass is 10.1. The second-order valence-electron chi connectivity index (χ2n) is 5.24. The minimum absolute atomic E-state index is 0.127. The Labute approximate surface area is 126 Å². The number of amides is 2. The number of carbonyl (C=O) groups is 2. The molecule has 1 fully saturated rings. The normalized spacial score (nSPS) is 21.2. The number of urea groups is 1. The van der Waals surface area contributed by atoms with Gasteiger partial charge in [0.1, 0.15) is 12.2 Å². The first-order valence-corrected chi connectivity index (χ1v) is 7.72. The number of carboxylic acid groups (broad SMARTS) is 1. The van der Waals surface area contributed by atoms with Gasteiger partial charge in [-0.1, -0.05) is 5.21 Å². The van der Waals surface area contributed by atoms with Crippen LogP contribution in [0, 0.1) is 0 Å². The van der Waals surface area contributed by atoms with E-state index in [1.165, 1.54) is 17.3 Å². The molecule has 2 amide bonds. The molecule has 2 rings (SSSR count). The fourth-order valence-corrected chi connectivity index (χ4v) is 3.36. The summed E-state index contributed by atoms with van der Waals surface area (Å²) in [5, 5.41) is 21.6. The monoisotopic (exact) mass is 313 g/mol. The van der Waals surface area contributed by atoms with E-state index in [1.54, 1.807) is 0 Å². The molecule has 1 aromatic heterocycles. The minimum atomic E-state index is -0.987. The maximum atomic E-state index is 11.7. The van der Waals surface area contributed by atoms with Crippen molar-refractivity contribution in [3.63, 3.8) is 0 Å². The number of aliphatic carboxylic acids is 1. The third-order valence-electron chi connectivity index (χ3n) is 3.24. The number of carboxylic acids is 1. The first kappa shape index (κ1) is 15.6. The van der Waals surface area contributed by atoms with Crippen LogP contribution in [-0.4, -0.2) is 49.1 Å². The Kier molecular flexibility index (Phi) is 5.05. The van der Waals surface area contributed by atoms with Gasteiger partial charge >= 0.3 is 12.0 Å². The van der Waals surface area contributed by atoms with Crippen molar-refractivity contribution in [2.75, 3.05) is 12.3 Å². The van der Waals surface area contributed by atoms with Gasteiger partial charge in [-0.2, -0.15) is 11.8 Å². The molecule has 21 heavy (non-hydrogen) atoms. The highest BCUT2D eigenvalue weighted by Gasteiger charge is 2.29. The van der Waals surface area contributed by atoms with E-state index in [4.69, 9.17) is 5.11 Å². The lowest BCUT2D eigenvalue weighted by Gasteiger charge is -2.22. The number of nitrogens with one attached hydrogen (secondary N) is 2. The molecule has 1 saturated heterocycles. The highest BCUT2D eigenvalue weighted by Crippen LogP contribution is 2.36. The Bertz CT molecular complexity index is 513. The summed E-state index contributed by atoms with van der Waals surface area (Å²) in [6.45, 7) is 2.77. The van der Waals surface area contributed by atoms with E-state index in [0.717, 1.165) is 12.2 Å². The zero-order valence-corrected chi connectivity index (χ0v) is 12.7. The Morgan fingerprint density at radius 2 is 2.33 bits per heavy atom. The summed E-state index contributed by atoms with van der Waals surface area (Å²) in [5.74, 6) is 0.159. The van der Waals surface area contributed by atoms with Crippen molar-refractivity contribution in [1.29, 1.82) is 0 Å². The zero-order chi connectivity index (χ0) is 15.3. The van der Waals surface area contributed by atoms with Crippen molar-refractivity contribution in [2.24, 2.45) is 0 Å². The first-order valence-electron chi connectivity index (χ1n) is 6.73. The molecule has 1 aliphatic heterocycles. The number of thioether (sulfide) groups is 1. The second-order valence-corrected chi connectivity index (χ2v) is 6.92. The zero-order valence-electron chi connectivity index (χ0n) is 11.8. The number of rotatable bonds is 6. The van der Waals surface area contributed by atoms with Crippen LogP contribution >= 0.6 is 11.8 Å². The van der Waals surface area contributed by atoms with Crippen LogP contribution < -0.4 is 10.6 Å². The van der Waals surface area contributed by atoms with Crippen molar-refractivity contribution in [2.45, 2.75) is 37.6 Å². The largest absolute Gasteiger partial charge is 0.480 e. The molecule has 1 aromatic rings. The van der Waals surface area contributed by atoms with E-state index >= 15 is 0 Å². The standard InChI is InChI=1S/C12H19N5O3S/c1-12(3-2-4-21-12)8-14-11(20)13-5-9-6-17(16-15-9)7-10(18)19/h6H,2-5,7-8H2,1H3,(H,18,19)(H2,13,14,20). The van der Waals surface area contributed by atoms with Crippen LogP contribution in [0.4, 0.5) is 4.79 Å². The van der Waals surface area contributed by atoms with Gasteiger partial charge in [-0.25, -0.2) is 9.48 Å². The third kappa shape index (κ3) is 4.92. The molecule has 1 atom stereocenters. The van der Waals surface area contributed by atoms with E-state index in [9.17, 15) is 9.59 Å². The molecule has 116 valence electrons. The van der Waals surface area contributed by atoms with Gasteiger partial charge in [0, 0.05) is 11.3 Å². The van der Waals surface area contributed by atoms with Gasteiger partial charge in [0.15, 0.2) is 0 Å². The van der Waals surface area contributed by atoms with Crippen molar-refractivity contribution in [3.05, 3.63) is 11.9 Å². The summed E-state index contributed by atoms with van der Waals surface area (Å²) in [4.78, 5) is 22.2. The summed E-state index contributed by atoms with van der Waals surface area (Å²) in [7, 11) is 0. The predicted molar refractivity (Wildman–Crippen MR) is 78.0 cm³/mol. The number of carbonyl (C=O) groups excluding carboxylic acids is 1. The number of aromatic nitrogens is 3. The number of hydrogen-bond acceptors (Lipinski definition) is 5. The molecular formula is C12H19N5O3S. The molecular weight excluding hydrogens is 294 g/mol. The molecule has 9 heteroatoms. The molecule has 0 saturated carbocycles. The van der Waals surface area contributed by atoms with Crippen LogP contribution in [-0.2, 0) is 17.9 Å². The van der Waals surface area contributed by atoms with Crippen LogP contribution in [0.25, 0.3) is 0 Å². The Balaban J connectivity index is 1.71. The highest BCUT2D eigenvalue weighted by molar-refractivity contribution is 8.00. The van der Waals surface area contributed by atoms with Crippen molar-refractivity contribution < 1.29 is 14.7 Å². The number of nitrogens with zero attached hydrogens (tertiary/aromatic N) is 3. The molecule has 1 aliphatic rings. The average molecular weight is 313 g/mol. The maximum absolute atomic E-state index is 11.7. The smallest absolute Gasteiger partial charge is 0.325 e. The molecule has 1 unspecified atom stereocenters. The van der Waals surface area contributed by atoms with Gasteiger partial charge in [-0.05, 0) is 25.5 Å². The van der Waals surface area contributed by atoms with Gasteiger partial charge in [0.2, 0.25) is 0 Å². The average Bonchev–Trinajstić information content (AvgIpc) is 3.03. The lowest BCUT2D eigenvalue weighted by Crippen LogP contribution is -2.42. The van der Waals surface area contributed by atoms with E-state index in [2.05, 4.69) is 27.9 Å². The second kappa shape index (κ2) is 6.79. The quantitative estimate of drug-likeness (QED) is 0.703. The van der Waals surface area contributed by atoms with Crippen LogP contribution in [0.2, 0.25) is 0 Å². The molecule has 8 nitrogen and oxygen atoms in total. The summed E-state index contributed by atoms with van der Waals surface area (Å²) < 4.78 is 1.34. The van der Waals surface area contributed by atoms with Gasteiger partial charge in [0.25, 0.3) is 0 Å². The van der Waals surface area contributed by atoms with Gasteiger partial charge < -0.3 is 15.7 Å². The molecule has 0 radical (unpaired) electrons.